The number of nitrogens with two attached hydrogens (primary N) is 1. The van der Waals surface area contributed by atoms with E-state index in [1.54, 1.807) is 0 Å². The lowest BCUT2D eigenvalue weighted by Gasteiger charge is -2.37. The van der Waals surface area contributed by atoms with Gasteiger partial charge in [0.25, 0.3) is 0 Å². The average Bonchev–Trinajstić information content (AvgIpc) is 2.53. The fourth-order valence-electron chi connectivity index (χ4n) is 2.73. The van der Waals surface area contributed by atoms with Gasteiger partial charge in [-0.05, 0) is 30.4 Å². The number of carbonyl (C=O) groups is 1. The zero-order valence-electron chi connectivity index (χ0n) is 12.6. The summed E-state index contributed by atoms with van der Waals surface area (Å²) in [5.74, 6) is 1.16. The molecule has 0 aromatic heterocycles. The SMILES string of the molecule is CSCCC1CNCCN1C(=O)C(N)Cc1ccccc1. The van der Waals surface area contributed by atoms with Crippen LogP contribution < -0.4 is 11.1 Å². The number of benzene rings is 1. The molecular weight excluding hydrogens is 282 g/mol. The first-order valence-corrected chi connectivity index (χ1v) is 8.91. The van der Waals surface area contributed by atoms with E-state index < -0.39 is 6.04 Å². The minimum Gasteiger partial charge on any atom is -0.336 e. The summed E-state index contributed by atoms with van der Waals surface area (Å²) in [5.41, 5.74) is 7.27. The molecule has 2 atom stereocenters. The minimum absolute atomic E-state index is 0.0893. The van der Waals surface area contributed by atoms with E-state index >= 15 is 0 Å². The number of amides is 1. The molecule has 0 aliphatic carbocycles. The van der Waals surface area contributed by atoms with Crippen molar-refractivity contribution < 1.29 is 4.79 Å². The molecule has 116 valence electrons. The molecule has 0 saturated carbocycles. The smallest absolute Gasteiger partial charge is 0.240 e. The molecule has 3 N–H and O–H groups in total. The summed E-state index contributed by atoms with van der Waals surface area (Å²) in [6.45, 7) is 2.50. The maximum Gasteiger partial charge on any atom is 0.240 e. The zero-order chi connectivity index (χ0) is 15.1. The van der Waals surface area contributed by atoms with Crippen LogP contribution in [0.15, 0.2) is 30.3 Å². The van der Waals surface area contributed by atoms with Crippen LogP contribution in [0.3, 0.4) is 0 Å². The third-order valence-electron chi connectivity index (χ3n) is 3.90. The lowest BCUT2D eigenvalue weighted by atomic mass is 10.0. The van der Waals surface area contributed by atoms with E-state index in [2.05, 4.69) is 11.6 Å². The number of carbonyl (C=O) groups excluding carboxylic acids is 1. The fourth-order valence-corrected chi connectivity index (χ4v) is 3.24. The molecular formula is C16H25N3OS. The Hall–Kier alpha value is -1.04. The van der Waals surface area contributed by atoms with Crippen molar-refractivity contribution in [3.8, 4) is 0 Å². The Balaban J connectivity index is 1.95. The van der Waals surface area contributed by atoms with E-state index in [0.717, 1.165) is 37.4 Å². The van der Waals surface area contributed by atoms with Crippen molar-refractivity contribution in [1.29, 1.82) is 0 Å². The van der Waals surface area contributed by atoms with E-state index in [-0.39, 0.29) is 11.9 Å². The molecule has 1 aliphatic rings. The summed E-state index contributed by atoms with van der Waals surface area (Å²) >= 11 is 1.82. The quantitative estimate of drug-likeness (QED) is 0.826. The number of nitrogens with one attached hydrogen (secondary N) is 1. The van der Waals surface area contributed by atoms with E-state index in [4.69, 9.17) is 5.73 Å². The van der Waals surface area contributed by atoms with Crippen LogP contribution in [-0.4, -0.2) is 54.5 Å². The molecule has 1 aromatic carbocycles. The maximum atomic E-state index is 12.6. The van der Waals surface area contributed by atoms with E-state index in [1.165, 1.54) is 0 Å². The lowest BCUT2D eigenvalue weighted by Crippen LogP contribution is -2.58. The van der Waals surface area contributed by atoms with Gasteiger partial charge in [-0.1, -0.05) is 30.3 Å². The number of hydrogen-bond donors (Lipinski definition) is 2. The van der Waals surface area contributed by atoms with Gasteiger partial charge in [0.15, 0.2) is 0 Å². The summed E-state index contributed by atoms with van der Waals surface area (Å²) in [6, 6.07) is 9.83. The summed E-state index contributed by atoms with van der Waals surface area (Å²) < 4.78 is 0. The van der Waals surface area contributed by atoms with Crippen LogP contribution in [0.4, 0.5) is 0 Å². The van der Waals surface area contributed by atoms with Gasteiger partial charge in [-0.15, -0.1) is 0 Å². The topological polar surface area (TPSA) is 58.4 Å². The van der Waals surface area contributed by atoms with Crippen molar-refractivity contribution in [2.45, 2.75) is 24.9 Å². The van der Waals surface area contributed by atoms with Gasteiger partial charge in [0.05, 0.1) is 6.04 Å². The van der Waals surface area contributed by atoms with Crippen LogP contribution in [0.2, 0.25) is 0 Å². The normalized spacial score (nSPS) is 20.3. The number of hydrogen-bond acceptors (Lipinski definition) is 4. The Morgan fingerprint density at radius 1 is 1.48 bits per heavy atom. The first kappa shape index (κ1) is 16.3. The van der Waals surface area contributed by atoms with Crippen LogP contribution >= 0.6 is 11.8 Å². The fraction of sp³-hybridized carbons (Fsp3) is 0.562. The van der Waals surface area contributed by atoms with E-state index in [0.29, 0.717) is 6.42 Å². The summed E-state index contributed by atoms with van der Waals surface area (Å²) in [7, 11) is 0. The molecule has 1 heterocycles. The molecule has 0 spiro atoms. The Morgan fingerprint density at radius 2 is 2.24 bits per heavy atom. The molecule has 5 heteroatoms. The predicted octanol–water partition coefficient (Wildman–Crippen LogP) is 1.11. The Morgan fingerprint density at radius 3 is 2.95 bits per heavy atom. The van der Waals surface area contributed by atoms with Crippen molar-refractivity contribution in [3.05, 3.63) is 35.9 Å². The second kappa shape index (κ2) is 8.41. The van der Waals surface area contributed by atoms with Gasteiger partial charge in [0, 0.05) is 25.7 Å². The monoisotopic (exact) mass is 307 g/mol. The summed E-state index contributed by atoms with van der Waals surface area (Å²) in [6.07, 6.45) is 3.74. The highest BCUT2D eigenvalue weighted by atomic mass is 32.2. The van der Waals surface area contributed by atoms with Gasteiger partial charge in [0.1, 0.15) is 0 Å². The Labute approximate surface area is 131 Å². The summed E-state index contributed by atoms with van der Waals surface area (Å²) in [4.78, 5) is 14.6. The van der Waals surface area contributed by atoms with Crippen molar-refractivity contribution >= 4 is 17.7 Å². The van der Waals surface area contributed by atoms with Gasteiger partial charge in [-0.3, -0.25) is 4.79 Å². The third-order valence-corrected chi connectivity index (χ3v) is 4.55. The number of piperazine rings is 1. The van der Waals surface area contributed by atoms with Crippen molar-refractivity contribution in [2.75, 3.05) is 31.6 Å². The largest absolute Gasteiger partial charge is 0.336 e. The second-order valence-electron chi connectivity index (χ2n) is 5.47. The minimum atomic E-state index is -0.442. The lowest BCUT2D eigenvalue weighted by molar-refractivity contribution is -0.135. The van der Waals surface area contributed by atoms with Gasteiger partial charge in [-0.25, -0.2) is 0 Å². The van der Waals surface area contributed by atoms with Crippen LogP contribution in [0.5, 0.6) is 0 Å². The highest BCUT2D eigenvalue weighted by molar-refractivity contribution is 7.98. The molecule has 21 heavy (non-hydrogen) atoms. The predicted molar refractivity (Wildman–Crippen MR) is 89.5 cm³/mol. The molecule has 0 bridgehead atoms. The number of thioether (sulfide) groups is 1. The Bertz CT molecular complexity index is 440. The van der Waals surface area contributed by atoms with E-state index in [1.807, 2.05) is 47.0 Å². The van der Waals surface area contributed by atoms with Crippen molar-refractivity contribution in [1.82, 2.24) is 10.2 Å². The number of nitrogens with zero attached hydrogens (tertiary/aromatic N) is 1. The molecule has 1 fully saturated rings. The van der Waals surface area contributed by atoms with Gasteiger partial charge in [-0.2, -0.15) is 11.8 Å². The van der Waals surface area contributed by atoms with E-state index in [9.17, 15) is 4.79 Å². The average molecular weight is 307 g/mol. The molecule has 1 aromatic rings. The first-order chi connectivity index (χ1) is 10.2. The number of rotatable bonds is 6. The summed E-state index contributed by atoms with van der Waals surface area (Å²) in [5, 5.41) is 3.37. The van der Waals surface area contributed by atoms with Crippen LogP contribution in [0, 0.1) is 0 Å². The molecule has 0 radical (unpaired) electrons. The first-order valence-electron chi connectivity index (χ1n) is 7.52. The van der Waals surface area contributed by atoms with Crippen LogP contribution in [0.1, 0.15) is 12.0 Å². The second-order valence-corrected chi connectivity index (χ2v) is 6.45. The molecule has 1 aliphatic heterocycles. The highest BCUT2D eigenvalue weighted by Gasteiger charge is 2.29. The molecule has 2 rings (SSSR count). The van der Waals surface area contributed by atoms with Gasteiger partial charge in [0.2, 0.25) is 5.91 Å². The van der Waals surface area contributed by atoms with Crippen molar-refractivity contribution in [3.63, 3.8) is 0 Å². The molecule has 2 unspecified atom stereocenters. The van der Waals surface area contributed by atoms with Gasteiger partial charge < -0.3 is 16.0 Å². The van der Waals surface area contributed by atoms with Crippen molar-refractivity contribution in [2.24, 2.45) is 5.73 Å². The zero-order valence-corrected chi connectivity index (χ0v) is 13.4. The standard InChI is InChI=1S/C16H25N3OS/c1-21-10-7-14-12-18-8-9-19(14)16(20)15(17)11-13-5-3-2-4-6-13/h2-6,14-15,18H,7-12,17H2,1H3. The van der Waals surface area contributed by atoms with Crippen LogP contribution in [-0.2, 0) is 11.2 Å². The maximum absolute atomic E-state index is 12.6. The molecule has 4 nitrogen and oxygen atoms in total. The van der Waals surface area contributed by atoms with Crippen LogP contribution in [0.25, 0.3) is 0 Å². The van der Waals surface area contributed by atoms with Gasteiger partial charge >= 0.3 is 0 Å². The molecule has 1 amide bonds. The molecule has 1 saturated heterocycles. The highest BCUT2D eigenvalue weighted by Crippen LogP contribution is 2.13. The Kier molecular flexibility index (Phi) is 6.54. The third kappa shape index (κ3) is 4.73.